The molecule has 0 bridgehead atoms. The fourth-order valence-electron chi connectivity index (χ4n) is 3.80. The summed E-state index contributed by atoms with van der Waals surface area (Å²) in [6.07, 6.45) is 4.11. The maximum Gasteiger partial charge on any atom is 0.261 e. The number of thiophene rings is 1. The Morgan fingerprint density at radius 1 is 1.13 bits per heavy atom. The van der Waals surface area contributed by atoms with Gasteiger partial charge >= 0.3 is 0 Å². The summed E-state index contributed by atoms with van der Waals surface area (Å²) in [5.74, 6) is -0.841. The van der Waals surface area contributed by atoms with Crippen molar-refractivity contribution >= 4 is 29.1 Å². The number of hydrogen-bond donors (Lipinski definition) is 2. The molecule has 1 heterocycles. The van der Waals surface area contributed by atoms with E-state index in [1.54, 1.807) is 24.6 Å². The third-order valence-corrected chi connectivity index (χ3v) is 6.25. The van der Waals surface area contributed by atoms with Gasteiger partial charge in [0.1, 0.15) is 6.04 Å². The SMILES string of the molecule is COCCN(C(=O)CNC(=O)c1cccs1)C(C(=O)NC1CCCC1)c1ccccc1. The topological polar surface area (TPSA) is 87.7 Å². The molecule has 3 amide bonds. The van der Waals surface area contributed by atoms with Crippen LogP contribution in [-0.2, 0) is 14.3 Å². The van der Waals surface area contributed by atoms with E-state index < -0.39 is 6.04 Å². The zero-order valence-corrected chi connectivity index (χ0v) is 18.5. The largest absolute Gasteiger partial charge is 0.383 e. The predicted octanol–water partition coefficient (Wildman–Crippen LogP) is 2.75. The van der Waals surface area contributed by atoms with Crippen molar-refractivity contribution < 1.29 is 19.1 Å². The third-order valence-electron chi connectivity index (χ3n) is 5.38. The standard InChI is InChI=1S/C23H29N3O4S/c1-30-14-13-26(20(27)16-24-22(28)19-12-7-15-31-19)21(17-8-3-2-4-9-17)23(29)25-18-10-5-6-11-18/h2-4,7-9,12,15,18,21H,5-6,10-11,13-14,16H2,1H3,(H,24,28)(H,25,29). The minimum atomic E-state index is -0.789. The van der Waals surface area contributed by atoms with Gasteiger partial charge in [-0.2, -0.15) is 0 Å². The van der Waals surface area contributed by atoms with Crippen LogP contribution in [0.1, 0.15) is 47.0 Å². The average molecular weight is 444 g/mol. The summed E-state index contributed by atoms with van der Waals surface area (Å²) in [6, 6.07) is 12.1. The van der Waals surface area contributed by atoms with Gasteiger partial charge in [-0.3, -0.25) is 14.4 Å². The predicted molar refractivity (Wildman–Crippen MR) is 120 cm³/mol. The van der Waals surface area contributed by atoms with Crippen LogP contribution < -0.4 is 10.6 Å². The molecule has 1 unspecified atom stereocenters. The zero-order chi connectivity index (χ0) is 22.1. The first-order valence-corrected chi connectivity index (χ1v) is 11.4. The fraction of sp³-hybridized carbons (Fsp3) is 0.435. The van der Waals surface area contributed by atoms with Gasteiger partial charge in [-0.1, -0.05) is 49.2 Å². The van der Waals surface area contributed by atoms with Crippen LogP contribution in [0.15, 0.2) is 47.8 Å². The Labute approximate surface area is 186 Å². The molecule has 0 aliphatic heterocycles. The van der Waals surface area contributed by atoms with E-state index in [9.17, 15) is 14.4 Å². The van der Waals surface area contributed by atoms with Crippen molar-refractivity contribution in [1.82, 2.24) is 15.5 Å². The molecule has 1 saturated carbocycles. The molecule has 2 aromatic rings. The normalized spacial score (nSPS) is 14.7. The highest BCUT2D eigenvalue weighted by molar-refractivity contribution is 7.12. The molecule has 31 heavy (non-hydrogen) atoms. The second-order valence-corrected chi connectivity index (χ2v) is 8.49. The van der Waals surface area contributed by atoms with Crippen molar-refractivity contribution in [3.8, 4) is 0 Å². The summed E-state index contributed by atoms with van der Waals surface area (Å²) in [4.78, 5) is 40.8. The van der Waals surface area contributed by atoms with Gasteiger partial charge < -0.3 is 20.3 Å². The number of methoxy groups -OCH3 is 1. The van der Waals surface area contributed by atoms with Gasteiger partial charge in [0.05, 0.1) is 18.0 Å². The average Bonchev–Trinajstić information content (AvgIpc) is 3.49. The molecule has 0 spiro atoms. The zero-order valence-electron chi connectivity index (χ0n) is 17.7. The fourth-order valence-corrected chi connectivity index (χ4v) is 4.44. The van der Waals surface area contributed by atoms with Crippen molar-refractivity contribution in [3.63, 3.8) is 0 Å². The Morgan fingerprint density at radius 2 is 1.87 bits per heavy atom. The van der Waals surface area contributed by atoms with Crippen molar-refractivity contribution in [2.24, 2.45) is 0 Å². The number of carbonyl (C=O) groups is 3. The summed E-state index contributed by atoms with van der Waals surface area (Å²) in [5, 5.41) is 7.59. The molecule has 1 atom stereocenters. The molecule has 1 aromatic carbocycles. The van der Waals surface area contributed by atoms with Crippen molar-refractivity contribution in [2.45, 2.75) is 37.8 Å². The van der Waals surface area contributed by atoms with E-state index in [0.29, 0.717) is 4.88 Å². The molecule has 1 aliphatic rings. The van der Waals surface area contributed by atoms with Crippen molar-refractivity contribution in [1.29, 1.82) is 0 Å². The first kappa shape index (κ1) is 23.0. The number of benzene rings is 1. The van der Waals surface area contributed by atoms with E-state index in [0.717, 1.165) is 31.2 Å². The first-order valence-electron chi connectivity index (χ1n) is 10.6. The van der Waals surface area contributed by atoms with Crippen LogP contribution in [0, 0.1) is 0 Å². The van der Waals surface area contributed by atoms with Crippen molar-refractivity contribution in [2.75, 3.05) is 26.8 Å². The van der Waals surface area contributed by atoms with Crippen molar-refractivity contribution in [3.05, 3.63) is 58.3 Å². The molecule has 1 aliphatic carbocycles. The smallest absolute Gasteiger partial charge is 0.261 e. The van der Waals surface area contributed by atoms with Crippen LogP contribution in [0.5, 0.6) is 0 Å². The minimum absolute atomic E-state index is 0.136. The maximum atomic E-state index is 13.3. The van der Waals surface area contributed by atoms with Gasteiger partial charge in [-0.15, -0.1) is 11.3 Å². The molecule has 8 heteroatoms. The maximum absolute atomic E-state index is 13.3. The van der Waals surface area contributed by atoms with Gasteiger partial charge in [0, 0.05) is 19.7 Å². The number of nitrogens with zero attached hydrogens (tertiary/aromatic N) is 1. The second-order valence-electron chi connectivity index (χ2n) is 7.54. The Kier molecular flexibility index (Phi) is 8.61. The Morgan fingerprint density at radius 3 is 2.52 bits per heavy atom. The highest BCUT2D eigenvalue weighted by Gasteiger charge is 2.33. The summed E-state index contributed by atoms with van der Waals surface area (Å²) < 4.78 is 5.19. The molecule has 166 valence electrons. The number of rotatable bonds is 10. The van der Waals surface area contributed by atoms with Gasteiger partial charge in [-0.05, 0) is 29.9 Å². The first-order chi connectivity index (χ1) is 15.1. The highest BCUT2D eigenvalue weighted by Crippen LogP contribution is 2.24. The van der Waals surface area contributed by atoms with Gasteiger partial charge in [0.25, 0.3) is 5.91 Å². The number of carbonyl (C=O) groups excluding carboxylic acids is 3. The Balaban J connectivity index is 1.78. The number of nitrogens with one attached hydrogen (secondary N) is 2. The van der Waals surface area contributed by atoms with Crippen LogP contribution in [0.3, 0.4) is 0 Å². The van der Waals surface area contributed by atoms with Crippen LogP contribution in [-0.4, -0.2) is 55.5 Å². The third kappa shape index (κ3) is 6.38. The van der Waals surface area contributed by atoms with Crippen LogP contribution in [0.4, 0.5) is 0 Å². The molecule has 0 saturated heterocycles. The molecule has 3 rings (SSSR count). The Hall–Kier alpha value is -2.71. The lowest BCUT2D eigenvalue weighted by Crippen LogP contribution is -2.49. The van der Waals surface area contributed by atoms with E-state index in [2.05, 4.69) is 10.6 Å². The van der Waals surface area contributed by atoms with Gasteiger partial charge in [0.15, 0.2) is 0 Å². The molecule has 2 N–H and O–H groups in total. The van der Waals surface area contributed by atoms with E-state index in [1.807, 2.05) is 30.3 Å². The lowest BCUT2D eigenvalue weighted by Gasteiger charge is -2.32. The molecule has 0 radical (unpaired) electrons. The lowest BCUT2D eigenvalue weighted by atomic mass is 10.0. The highest BCUT2D eigenvalue weighted by atomic mass is 32.1. The quantitative estimate of drug-likeness (QED) is 0.591. The summed E-state index contributed by atoms with van der Waals surface area (Å²) in [7, 11) is 1.55. The molecular formula is C23H29N3O4S. The molecular weight excluding hydrogens is 414 g/mol. The van der Waals surface area contributed by atoms with E-state index in [4.69, 9.17) is 4.74 Å². The van der Waals surface area contributed by atoms with Crippen LogP contribution >= 0.6 is 11.3 Å². The molecule has 1 fully saturated rings. The summed E-state index contributed by atoms with van der Waals surface area (Å²) >= 11 is 1.31. The summed E-state index contributed by atoms with van der Waals surface area (Å²) in [5.41, 5.74) is 0.729. The molecule has 1 aromatic heterocycles. The monoisotopic (exact) mass is 443 g/mol. The number of amides is 3. The second kappa shape index (κ2) is 11.6. The van der Waals surface area contributed by atoms with Gasteiger partial charge in [-0.25, -0.2) is 0 Å². The van der Waals surface area contributed by atoms with E-state index in [1.165, 1.54) is 16.2 Å². The Bertz CT molecular complexity index is 851. The van der Waals surface area contributed by atoms with Gasteiger partial charge in [0.2, 0.25) is 11.8 Å². The van der Waals surface area contributed by atoms with Crippen LogP contribution in [0.2, 0.25) is 0 Å². The lowest BCUT2D eigenvalue weighted by molar-refractivity contribution is -0.141. The van der Waals surface area contributed by atoms with Crippen LogP contribution in [0.25, 0.3) is 0 Å². The van der Waals surface area contributed by atoms with E-state index in [-0.39, 0.29) is 43.5 Å². The van der Waals surface area contributed by atoms with E-state index >= 15 is 0 Å². The molecule has 7 nitrogen and oxygen atoms in total. The number of hydrogen-bond acceptors (Lipinski definition) is 5. The minimum Gasteiger partial charge on any atom is -0.383 e. The number of ether oxygens (including phenoxy) is 1. The summed E-state index contributed by atoms with van der Waals surface area (Å²) in [6.45, 7) is 0.326.